The summed E-state index contributed by atoms with van der Waals surface area (Å²) in [5.41, 5.74) is 3.54. The molecule has 0 aliphatic carbocycles. The van der Waals surface area contributed by atoms with Gasteiger partial charge in [0.15, 0.2) is 0 Å². The molecule has 0 aliphatic heterocycles. The van der Waals surface area contributed by atoms with Crippen molar-refractivity contribution in [2.75, 3.05) is 0 Å². The largest absolute Gasteiger partial charge is 0.266 e. The number of aromatic nitrogens is 1. The molecule has 0 saturated carbocycles. The van der Waals surface area contributed by atoms with E-state index < -0.39 is 8.07 Å². The van der Waals surface area contributed by atoms with Crippen molar-refractivity contribution in [3.63, 3.8) is 0 Å². The molecule has 2 aromatic rings. The SMILES string of the molecule is C[Si](C)(/C=C/C=C/c1ccccc1)c1ccccn1. The van der Waals surface area contributed by atoms with Gasteiger partial charge in [-0.1, -0.05) is 73.4 Å². The van der Waals surface area contributed by atoms with Crippen LogP contribution in [0.3, 0.4) is 0 Å². The first-order valence-corrected chi connectivity index (χ1v) is 9.59. The zero-order valence-electron chi connectivity index (χ0n) is 11.5. The van der Waals surface area contributed by atoms with Gasteiger partial charge in [0.25, 0.3) is 0 Å². The van der Waals surface area contributed by atoms with Crippen molar-refractivity contribution in [1.82, 2.24) is 4.98 Å². The number of pyridine rings is 1. The molecule has 1 aromatic carbocycles. The predicted molar refractivity (Wildman–Crippen MR) is 86.0 cm³/mol. The highest BCUT2D eigenvalue weighted by Crippen LogP contribution is 2.05. The minimum atomic E-state index is -1.56. The Bertz CT molecular complexity index is 556. The van der Waals surface area contributed by atoms with E-state index >= 15 is 0 Å². The molecule has 19 heavy (non-hydrogen) atoms. The first kappa shape index (κ1) is 13.5. The lowest BCUT2D eigenvalue weighted by molar-refractivity contribution is 1.37. The molecule has 1 aromatic heterocycles. The summed E-state index contributed by atoms with van der Waals surface area (Å²) in [5, 5.41) is 1.22. The third-order valence-corrected chi connectivity index (χ3v) is 5.68. The van der Waals surface area contributed by atoms with Gasteiger partial charge in [-0.2, -0.15) is 0 Å². The summed E-state index contributed by atoms with van der Waals surface area (Å²) in [6.45, 7) is 4.62. The lowest BCUT2D eigenvalue weighted by Crippen LogP contribution is -2.41. The fraction of sp³-hybridized carbons (Fsp3) is 0.118. The number of benzene rings is 1. The van der Waals surface area contributed by atoms with Crippen LogP contribution in [0.1, 0.15) is 5.56 Å². The first-order valence-electron chi connectivity index (χ1n) is 6.51. The molecule has 0 bridgehead atoms. The van der Waals surface area contributed by atoms with Gasteiger partial charge in [-0.15, -0.1) is 0 Å². The van der Waals surface area contributed by atoms with E-state index in [1.807, 2.05) is 18.3 Å². The van der Waals surface area contributed by atoms with Gasteiger partial charge in [0.1, 0.15) is 8.07 Å². The zero-order chi connectivity index (χ0) is 13.6. The zero-order valence-corrected chi connectivity index (χ0v) is 12.5. The van der Waals surface area contributed by atoms with Gasteiger partial charge in [0.2, 0.25) is 0 Å². The van der Waals surface area contributed by atoms with Crippen LogP contribution in [0.4, 0.5) is 0 Å². The molecule has 0 aliphatic rings. The van der Waals surface area contributed by atoms with E-state index in [2.05, 4.69) is 78.4 Å². The van der Waals surface area contributed by atoms with Crippen LogP contribution in [0, 0.1) is 0 Å². The molecule has 1 nitrogen and oxygen atoms in total. The van der Waals surface area contributed by atoms with E-state index in [0.29, 0.717) is 0 Å². The van der Waals surface area contributed by atoms with E-state index in [1.165, 1.54) is 10.9 Å². The molecule has 0 saturated heterocycles. The summed E-state index contributed by atoms with van der Waals surface area (Å²) in [5.74, 6) is 0. The van der Waals surface area contributed by atoms with E-state index in [4.69, 9.17) is 0 Å². The second-order valence-electron chi connectivity index (χ2n) is 5.07. The fourth-order valence-electron chi connectivity index (χ4n) is 1.86. The van der Waals surface area contributed by atoms with Crippen LogP contribution in [0.5, 0.6) is 0 Å². The Kier molecular flexibility index (Phi) is 4.47. The number of rotatable bonds is 4. The van der Waals surface area contributed by atoms with Crippen LogP contribution in [-0.4, -0.2) is 13.1 Å². The standard InChI is InChI=1S/C17H19NSi/c1-19(2,17-13-6-8-14-18-17)15-9-7-12-16-10-4-3-5-11-16/h3-15H,1-2H3/b12-7+,15-9+. The van der Waals surface area contributed by atoms with Gasteiger partial charge in [-0.3, -0.25) is 4.98 Å². The molecule has 0 fully saturated rings. The molecule has 1 heterocycles. The summed E-state index contributed by atoms with van der Waals surface area (Å²) >= 11 is 0. The van der Waals surface area contributed by atoms with Crippen LogP contribution in [-0.2, 0) is 0 Å². The van der Waals surface area contributed by atoms with Crippen molar-refractivity contribution in [2.45, 2.75) is 13.1 Å². The monoisotopic (exact) mass is 265 g/mol. The minimum absolute atomic E-state index is 1.22. The highest BCUT2D eigenvalue weighted by molar-refractivity contribution is 6.93. The Hall–Kier alpha value is -1.93. The number of hydrogen-bond donors (Lipinski definition) is 0. The lowest BCUT2D eigenvalue weighted by Gasteiger charge is -2.16. The molecule has 0 amide bonds. The molecule has 2 heteroatoms. The Morgan fingerprint density at radius 3 is 2.32 bits per heavy atom. The van der Waals surface area contributed by atoms with Crippen LogP contribution < -0.4 is 5.32 Å². The summed E-state index contributed by atoms with van der Waals surface area (Å²) in [6.07, 6.45) is 8.25. The average molecular weight is 265 g/mol. The Balaban J connectivity index is 2.05. The van der Waals surface area contributed by atoms with Gasteiger partial charge in [0.05, 0.1) is 0 Å². The smallest absolute Gasteiger partial charge is 0.127 e. The van der Waals surface area contributed by atoms with Gasteiger partial charge in [0, 0.05) is 11.5 Å². The Morgan fingerprint density at radius 2 is 1.63 bits per heavy atom. The first-order chi connectivity index (χ1) is 9.18. The average Bonchev–Trinajstić information content (AvgIpc) is 2.46. The van der Waals surface area contributed by atoms with Crippen molar-refractivity contribution < 1.29 is 0 Å². The van der Waals surface area contributed by atoms with E-state index in [0.717, 1.165) is 0 Å². The molecule has 0 unspecified atom stereocenters. The third-order valence-electron chi connectivity index (χ3n) is 3.04. The molecule has 96 valence electrons. The number of hydrogen-bond acceptors (Lipinski definition) is 1. The Morgan fingerprint density at radius 1 is 0.895 bits per heavy atom. The van der Waals surface area contributed by atoms with Crippen molar-refractivity contribution in [1.29, 1.82) is 0 Å². The maximum atomic E-state index is 4.47. The molecule has 2 rings (SSSR count). The summed E-state index contributed by atoms with van der Waals surface area (Å²) in [4.78, 5) is 4.47. The van der Waals surface area contributed by atoms with Crippen molar-refractivity contribution >= 4 is 19.5 Å². The third kappa shape index (κ3) is 4.04. The van der Waals surface area contributed by atoms with Crippen LogP contribution in [0.15, 0.2) is 72.6 Å². The number of allylic oxidation sites excluding steroid dienone is 2. The van der Waals surface area contributed by atoms with Crippen LogP contribution >= 0.6 is 0 Å². The normalized spacial score (nSPS) is 12.3. The summed E-state index contributed by atoms with van der Waals surface area (Å²) in [6, 6.07) is 16.5. The molecule has 0 radical (unpaired) electrons. The second-order valence-corrected chi connectivity index (χ2v) is 9.35. The van der Waals surface area contributed by atoms with E-state index in [1.54, 1.807) is 0 Å². The molecular weight excluding hydrogens is 246 g/mol. The van der Waals surface area contributed by atoms with Crippen LogP contribution in [0.25, 0.3) is 6.08 Å². The van der Waals surface area contributed by atoms with Gasteiger partial charge in [-0.25, -0.2) is 0 Å². The summed E-state index contributed by atoms with van der Waals surface area (Å²) < 4.78 is 0. The van der Waals surface area contributed by atoms with E-state index in [9.17, 15) is 0 Å². The van der Waals surface area contributed by atoms with Gasteiger partial charge in [-0.05, 0) is 17.7 Å². The van der Waals surface area contributed by atoms with Crippen molar-refractivity contribution in [3.8, 4) is 0 Å². The maximum Gasteiger partial charge on any atom is 0.127 e. The maximum absolute atomic E-state index is 4.47. The molecule has 0 atom stereocenters. The van der Waals surface area contributed by atoms with Crippen LogP contribution in [0.2, 0.25) is 13.1 Å². The fourth-order valence-corrected chi connectivity index (χ4v) is 3.55. The highest BCUT2D eigenvalue weighted by Gasteiger charge is 2.20. The Labute approximate surface area is 116 Å². The van der Waals surface area contributed by atoms with Gasteiger partial charge < -0.3 is 0 Å². The number of nitrogens with zero attached hydrogens (tertiary/aromatic N) is 1. The minimum Gasteiger partial charge on any atom is -0.266 e. The second kappa shape index (κ2) is 6.30. The van der Waals surface area contributed by atoms with Crippen molar-refractivity contribution in [3.05, 3.63) is 78.1 Å². The quantitative estimate of drug-likeness (QED) is 0.605. The molecule has 0 N–H and O–H groups in total. The van der Waals surface area contributed by atoms with Crippen molar-refractivity contribution in [2.24, 2.45) is 0 Å². The predicted octanol–water partition coefficient (Wildman–Crippen LogP) is 3.81. The van der Waals surface area contributed by atoms with Gasteiger partial charge >= 0.3 is 0 Å². The van der Waals surface area contributed by atoms with E-state index in [-0.39, 0.29) is 0 Å². The lowest BCUT2D eigenvalue weighted by atomic mass is 10.2. The summed E-state index contributed by atoms with van der Waals surface area (Å²) in [7, 11) is -1.56. The highest BCUT2D eigenvalue weighted by atomic mass is 28.3. The topological polar surface area (TPSA) is 12.9 Å². The molecular formula is C17H19NSi. The molecule has 0 spiro atoms.